The van der Waals surface area contributed by atoms with Crippen molar-refractivity contribution >= 4 is 43.2 Å². The molecule has 188 valence electrons. The minimum Gasteiger partial charge on any atom is -0.543 e. The largest absolute Gasteiger partial charge is 0.543 e. The molecular weight excluding hydrogens is 489 g/mol. The SMILES string of the molecule is CCOC(=O)C(C)Nc1cc(Cl)c(Oc2ccc(O[Si](C)(C)C(C)(C)C)c(C(C)C)c2)c(Cl)c1. The van der Waals surface area contributed by atoms with E-state index in [4.69, 9.17) is 37.1 Å². The van der Waals surface area contributed by atoms with Gasteiger partial charge in [0.2, 0.25) is 8.32 Å². The molecule has 0 saturated carbocycles. The van der Waals surface area contributed by atoms with Gasteiger partial charge in [0.15, 0.2) is 5.75 Å². The van der Waals surface area contributed by atoms with Crippen LogP contribution in [0.5, 0.6) is 17.2 Å². The van der Waals surface area contributed by atoms with Gasteiger partial charge >= 0.3 is 5.97 Å². The lowest BCUT2D eigenvalue weighted by atomic mass is 10.0. The first-order valence-corrected chi connectivity index (χ1v) is 15.3. The summed E-state index contributed by atoms with van der Waals surface area (Å²) in [5.41, 5.74) is 1.67. The molecule has 0 bridgehead atoms. The zero-order chi connectivity index (χ0) is 25.8. The van der Waals surface area contributed by atoms with Crippen molar-refractivity contribution in [3.05, 3.63) is 45.9 Å². The van der Waals surface area contributed by atoms with Crippen LogP contribution in [-0.4, -0.2) is 26.9 Å². The highest BCUT2D eigenvalue weighted by atomic mass is 35.5. The fourth-order valence-electron chi connectivity index (χ4n) is 3.00. The quantitative estimate of drug-likeness (QED) is 0.262. The van der Waals surface area contributed by atoms with E-state index < -0.39 is 14.4 Å². The smallest absolute Gasteiger partial charge is 0.328 e. The molecule has 0 radical (unpaired) electrons. The topological polar surface area (TPSA) is 56.8 Å². The van der Waals surface area contributed by atoms with E-state index >= 15 is 0 Å². The summed E-state index contributed by atoms with van der Waals surface area (Å²) < 4.78 is 17.7. The summed E-state index contributed by atoms with van der Waals surface area (Å²) in [4.78, 5) is 11.9. The van der Waals surface area contributed by atoms with E-state index in [1.807, 2.05) is 18.2 Å². The predicted molar refractivity (Wildman–Crippen MR) is 145 cm³/mol. The molecular formula is C26H37Cl2NO4Si. The van der Waals surface area contributed by atoms with Crippen LogP contribution in [-0.2, 0) is 9.53 Å². The van der Waals surface area contributed by atoms with Gasteiger partial charge in [-0.2, -0.15) is 0 Å². The van der Waals surface area contributed by atoms with Crippen molar-refractivity contribution in [3.8, 4) is 17.2 Å². The third-order valence-electron chi connectivity index (χ3n) is 6.02. The lowest BCUT2D eigenvalue weighted by Gasteiger charge is -2.37. The molecule has 0 amide bonds. The number of benzene rings is 2. The van der Waals surface area contributed by atoms with Crippen molar-refractivity contribution < 1.29 is 18.7 Å². The van der Waals surface area contributed by atoms with Crippen molar-refractivity contribution in [3.63, 3.8) is 0 Å². The van der Waals surface area contributed by atoms with Gasteiger partial charge in [0.25, 0.3) is 0 Å². The molecule has 5 nitrogen and oxygen atoms in total. The summed E-state index contributed by atoms with van der Waals surface area (Å²) in [5.74, 6) is 1.75. The monoisotopic (exact) mass is 525 g/mol. The van der Waals surface area contributed by atoms with E-state index in [0.29, 0.717) is 33.8 Å². The van der Waals surface area contributed by atoms with Crippen LogP contribution >= 0.6 is 23.2 Å². The lowest BCUT2D eigenvalue weighted by molar-refractivity contribution is -0.143. The molecule has 0 saturated heterocycles. The Kier molecular flexibility index (Phi) is 9.36. The number of anilines is 1. The van der Waals surface area contributed by atoms with Crippen molar-refractivity contribution in [2.24, 2.45) is 0 Å². The van der Waals surface area contributed by atoms with E-state index in [1.54, 1.807) is 26.0 Å². The van der Waals surface area contributed by atoms with Gasteiger partial charge in [-0.25, -0.2) is 4.79 Å². The Bertz CT molecular complexity index is 995. The standard InChI is InChI=1S/C26H37Cl2NO4Si/c1-10-31-25(30)17(4)29-18-13-21(27)24(22(28)14-18)32-19-11-12-23(20(15-19)16(2)3)33-34(8,9)26(5,6)7/h11-17,29H,10H2,1-9H3. The molecule has 0 heterocycles. The first kappa shape index (κ1) is 28.3. The Morgan fingerprint density at radius 1 is 1.06 bits per heavy atom. The zero-order valence-electron chi connectivity index (χ0n) is 21.6. The summed E-state index contributed by atoms with van der Waals surface area (Å²) in [6.45, 7) is 19.2. The second-order valence-corrected chi connectivity index (χ2v) is 15.7. The van der Waals surface area contributed by atoms with Crippen LogP contribution in [0, 0.1) is 0 Å². The number of nitrogens with one attached hydrogen (secondary N) is 1. The van der Waals surface area contributed by atoms with E-state index in [-0.39, 0.29) is 16.9 Å². The molecule has 2 aromatic rings. The maximum Gasteiger partial charge on any atom is 0.328 e. The average molecular weight is 527 g/mol. The highest BCUT2D eigenvalue weighted by molar-refractivity contribution is 6.74. The minimum atomic E-state index is -1.99. The van der Waals surface area contributed by atoms with Crippen molar-refractivity contribution in [2.75, 3.05) is 11.9 Å². The molecule has 0 spiro atoms. The molecule has 2 rings (SSSR count). The molecule has 0 aromatic heterocycles. The Hall–Kier alpha value is -1.89. The number of halogens is 2. The summed E-state index contributed by atoms with van der Waals surface area (Å²) >= 11 is 13.0. The molecule has 0 aliphatic heterocycles. The average Bonchev–Trinajstić information content (AvgIpc) is 2.70. The zero-order valence-corrected chi connectivity index (χ0v) is 24.1. The maximum absolute atomic E-state index is 11.9. The highest BCUT2D eigenvalue weighted by Gasteiger charge is 2.39. The van der Waals surface area contributed by atoms with Gasteiger partial charge in [0, 0.05) is 5.69 Å². The first-order chi connectivity index (χ1) is 15.7. The summed E-state index contributed by atoms with van der Waals surface area (Å²) in [5, 5.41) is 3.81. The van der Waals surface area contributed by atoms with Crippen LogP contribution in [0.15, 0.2) is 30.3 Å². The van der Waals surface area contributed by atoms with Crippen LogP contribution in [0.4, 0.5) is 5.69 Å². The molecule has 8 heteroatoms. The summed E-state index contributed by atoms with van der Waals surface area (Å²) in [7, 11) is -1.99. The van der Waals surface area contributed by atoms with Gasteiger partial charge < -0.3 is 19.2 Å². The normalized spacial score (nSPS) is 12.9. The van der Waals surface area contributed by atoms with Gasteiger partial charge in [-0.1, -0.05) is 57.8 Å². The number of rotatable bonds is 9. The fourth-order valence-corrected chi connectivity index (χ4v) is 4.60. The Morgan fingerprint density at radius 2 is 1.65 bits per heavy atom. The Labute approximate surface area is 215 Å². The number of hydrogen-bond donors (Lipinski definition) is 1. The molecule has 0 fully saturated rings. The second-order valence-electron chi connectivity index (χ2n) is 10.2. The van der Waals surface area contributed by atoms with E-state index in [1.165, 1.54) is 0 Å². The molecule has 0 aliphatic rings. The van der Waals surface area contributed by atoms with Gasteiger partial charge in [0.1, 0.15) is 17.5 Å². The van der Waals surface area contributed by atoms with E-state index in [2.05, 4.69) is 53.0 Å². The molecule has 1 atom stereocenters. The predicted octanol–water partition coefficient (Wildman–Crippen LogP) is 8.66. The van der Waals surface area contributed by atoms with Crippen LogP contribution in [0.1, 0.15) is 59.9 Å². The third-order valence-corrected chi connectivity index (χ3v) is 10.9. The van der Waals surface area contributed by atoms with Crippen molar-refractivity contribution in [1.82, 2.24) is 0 Å². The minimum absolute atomic E-state index is 0.0953. The van der Waals surface area contributed by atoms with Gasteiger partial charge in [-0.15, -0.1) is 0 Å². The van der Waals surface area contributed by atoms with Crippen molar-refractivity contribution in [1.29, 1.82) is 0 Å². The van der Waals surface area contributed by atoms with Gasteiger partial charge in [-0.05, 0) is 73.8 Å². The first-order valence-electron chi connectivity index (χ1n) is 11.6. The summed E-state index contributed by atoms with van der Waals surface area (Å²) in [6.07, 6.45) is 0. The van der Waals surface area contributed by atoms with Crippen LogP contribution < -0.4 is 14.5 Å². The van der Waals surface area contributed by atoms with Crippen molar-refractivity contribution in [2.45, 2.75) is 78.6 Å². The van der Waals surface area contributed by atoms with Crippen LogP contribution in [0.25, 0.3) is 0 Å². The Balaban J connectivity index is 2.29. The fraction of sp³-hybridized carbons (Fsp3) is 0.500. The van der Waals surface area contributed by atoms with Gasteiger partial charge in [0.05, 0.1) is 16.7 Å². The highest BCUT2D eigenvalue weighted by Crippen LogP contribution is 2.43. The Morgan fingerprint density at radius 3 is 2.15 bits per heavy atom. The molecule has 2 aromatic carbocycles. The molecule has 34 heavy (non-hydrogen) atoms. The number of ether oxygens (including phenoxy) is 2. The summed E-state index contributed by atoms with van der Waals surface area (Å²) in [6, 6.07) is 8.63. The number of carbonyl (C=O) groups excluding carboxylic acids is 1. The molecule has 1 unspecified atom stereocenters. The van der Waals surface area contributed by atoms with Crippen LogP contribution in [0.2, 0.25) is 28.2 Å². The van der Waals surface area contributed by atoms with Gasteiger partial charge in [-0.3, -0.25) is 0 Å². The lowest BCUT2D eigenvalue weighted by Crippen LogP contribution is -2.44. The van der Waals surface area contributed by atoms with E-state index in [0.717, 1.165) is 11.3 Å². The van der Waals surface area contributed by atoms with E-state index in [9.17, 15) is 4.79 Å². The maximum atomic E-state index is 11.9. The molecule has 0 aliphatic carbocycles. The molecule has 1 N–H and O–H groups in total. The number of carbonyl (C=O) groups is 1. The number of hydrogen-bond acceptors (Lipinski definition) is 5. The second kappa shape index (κ2) is 11.2. The number of esters is 1. The third kappa shape index (κ3) is 7.06. The van der Waals surface area contributed by atoms with Crippen LogP contribution in [0.3, 0.4) is 0 Å².